The van der Waals surface area contributed by atoms with E-state index in [9.17, 15) is 4.79 Å². The molecule has 2 aromatic carbocycles. The SMILES string of the molecule is COc1cc(C)c(C=C2C(=O)Nc3cccc(C)c32)cc1C(C)C. The number of amides is 1. The summed E-state index contributed by atoms with van der Waals surface area (Å²) in [7, 11) is 1.70. The second kappa shape index (κ2) is 6.16. The van der Waals surface area contributed by atoms with Gasteiger partial charge in [-0.2, -0.15) is 0 Å². The standard InChI is InChI=1S/C21H23NO2/c1-12(2)16-10-15(14(4)9-19(16)24-5)11-17-20-13(3)7-6-8-18(20)22-21(17)23/h6-12H,1-5H3,(H,22,23). The molecule has 0 bridgehead atoms. The second-order valence-electron chi connectivity index (χ2n) is 6.62. The van der Waals surface area contributed by atoms with Crippen LogP contribution in [0, 0.1) is 13.8 Å². The van der Waals surface area contributed by atoms with E-state index in [0.29, 0.717) is 5.92 Å². The minimum absolute atomic E-state index is 0.0411. The van der Waals surface area contributed by atoms with Crippen LogP contribution in [0.2, 0.25) is 0 Å². The molecule has 1 aliphatic rings. The van der Waals surface area contributed by atoms with Crippen molar-refractivity contribution in [2.75, 3.05) is 12.4 Å². The summed E-state index contributed by atoms with van der Waals surface area (Å²) < 4.78 is 5.51. The number of ether oxygens (including phenoxy) is 1. The van der Waals surface area contributed by atoms with E-state index in [4.69, 9.17) is 4.74 Å². The molecule has 1 N–H and O–H groups in total. The average molecular weight is 321 g/mol. The molecule has 0 aliphatic carbocycles. The summed E-state index contributed by atoms with van der Waals surface area (Å²) >= 11 is 0. The predicted molar refractivity (Wildman–Crippen MR) is 99.5 cm³/mol. The van der Waals surface area contributed by atoms with Crippen LogP contribution in [0.3, 0.4) is 0 Å². The van der Waals surface area contributed by atoms with Crippen molar-refractivity contribution in [2.24, 2.45) is 0 Å². The van der Waals surface area contributed by atoms with Gasteiger partial charge in [0.05, 0.1) is 7.11 Å². The Morgan fingerprint density at radius 2 is 1.88 bits per heavy atom. The average Bonchev–Trinajstić information content (AvgIpc) is 2.85. The molecule has 0 saturated heterocycles. The number of methoxy groups -OCH3 is 1. The highest BCUT2D eigenvalue weighted by Gasteiger charge is 2.25. The lowest BCUT2D eigenvalue weighted by Gasteiger charge is -2.15. The van der Waals surface area contributed by atoms with Crippen molar-refractivity contribution in [3.05, 3.63) is 58.1 Å². The first-order valence-corrected chi connectivity index (χ1v) is 8.24. The van der Waals surface area contributed by atoms with E-state index >= 15 is 0 Å². The summed E-state index contributed by atoms with van der Waals surface area (Å²) in [6, 6.07) is 10.1. The van der Waals surface area contributed by atoms with Gasteiger partial charge in [0.25, 0.3) is 5.91 Å². The summed E-state index contributed by atoms with van der Waals surface area (Å²) in [5.41, 5.74) is 7.03. The van der Waals surface area contributed by atoms with Gasteiger partial charge < -0.3 is 10.1 Å². The van der Waals surface area contributed by atoms with E-state index in [0.717, 1.165) is 44.8 Å². The largest absolute Gasteiger partial charge is 0.496 e. The zero-order valence-corrected chi connectivity index (χ0v) is 14.9. The quantitative estimate of drug-likeness (QED) is 0.814. The number of carbonyl (C=O) groups excluding carboxylic acids is 1. The van der Waals surface area contributed by atoms with Gasteiger partial charge in [-0.15, -0.1) is 0 Å². The van der Waals surface area contributed by atoms with Gasteiger partial charge in [-0.3, -0.25) is 4.79 Å². The first-order valence-electron chi connectivity index (χ1n) is 8.24. The number of rotatable bonds is 3. The van der Waals surface area contributed by atoms with Crippen LogP contribution in [0.1, 0.15) is 47.6 Å². The van der Waals surface area contributed by atoms with Gasteiger partial charge in [-0.05, 0) is 66.3 Å². The minimum Gasteiger partial charge on any atom is -0.496 e. The number of benzene rings is 2. The Balaban J connectivity index is 2.17. The Labute approximate surface area is 143 Å². The van der Waals surface area contributed by atoms with Gasteiger partial charge in [0, 0.05) is 16.8 Å². The Morgan fingerprint density at radius 1 is 1.12 bits per heavy atom. The fraction of sp³-hybridized carbons (Fsp3) is 0.286. The van der Waals surface area contributed by atoms with Crippen molar-refractivity contribution >= 4 is 23.2 Å². The molecule has 0 aromatic heterocycles. The number of carbonyl (C=O) groups is 1. The maximum absolute atomic E-state index is 12.4. The van der Waals surface area contributed by atoms with Crippen molar-refractivity contribution < 1.29 is 9.53 Å². The molecule has 0 radical (unpaired) electrons. The molecule has 0 saturated carbocycles. The third-order valence-corrected chi connectivity index (χ3v) is 4.58. The lowest BCUT2D eigenvalue weighted by atomic mass is 9.93. The number of hydrogen-bond acceptors (Lipinski definition) is 2. The molecule has 0 spiro atoms. The normalized spacial score (nSPS) is 14.9. The molecule has 124 valence electrons. The van der Waals surface area contributed by atoms with Crippen LogP contribution in [0.5, 0.6) is 5.75 Å². The van der Waals surface area contributed by atoms with Gasteiger partial charge in [0.15, 0.2) is 0 Å². The Morgan fingerprint density at radius 3 is 2.54 bits per heavy atom. The fourth-order valence-electron chi connectivity index (χ4n) is 3.23. The molecule has 0 fully saturated rings. The van der Waals surface area contributed by atoms with Crippen molar-refractivity contribution in [1.82, 2.24) is 0 Å². The van der Waals surface area contributed by atoms with Crippen LogP contribution in [0.4, 0.5) is 5.69 Å². The molecule has 3 rings (SSSR count). The van der Waals surface area contributed by atoms with Crippen LogP contribution in [0.25, 0.3) is 11.6 Å². The molecule has 0 atom stereocenters. The predicted octanol–water partition coefficient (Wildman–Crippen LogP) is 4.93. The van der Waals surface area contributed by atoms with Crippen LogP contribution >= 0.6 is 0 Å². The molecule has 0 unspecified atom stereocenters. The molecule has 1 amide bonds. The summed E-state index contributed by atoms with van der Waals surface area (Å²) in [6.45, 7) is 8.37. The molecule has 3 nitrogen and oxygen atoms in total. The fourth-order valence-corrected chi connectivity index (χ4v) is 3.23. The molecule has 2 aromatic rings. The van der Waals surface area contributed by atoms with Crippen molar-refractivity contribution in [1.29, 1.82) is 0 Å². The smallest absolute Gasteiger partial charge is 0.256 e. The molecular formula is C21H23NO2. The van der Waals surface area contributed by atoms with Crippen LogP contribution in [-0.4, -0.2) is 13.0 Å². The highest BCUT2D eigenvalue weighted by Crippen LogP contribution is 2.37. The summed E-state index contributed by atoms with van der Waals surface area (Å²) in [4.78, 5) is 12.4. The monoisotopic (exact) mass is 321 g/mol. The Kier molecular flexibility index (Phi) is 4.18. The Bertz CT molecular complexity index is 847. The Hall–Kier alpha value is -2.55. The highest BCUT2D eigenvalue weighted by molar-refractivity contribution is 6.35. The molecule has 1 heterocycles. The summed E-state index contributed by atoms with van der Waals surface area (Å²) in [5, 5.41) is 2.96. The van der Waals surface area contributed by atoms with E-state index in [1.807, 2.05) is 44.2 Å². The van der Waals surface area contributed by atoms with E-state index < -0.39 is 0 Å². The van der Waals surface area contributed by atoms with E-state index in [2.05, 4.69) is 25.2 Å². The van der Waals surface area contributed by atoms with Gasteiger partial charge in [0.1, 0.15) is 5.75 Å². The highest BCUT2D eigenvalue weighted by atomic mass is 16.5. The second-order valence-corrected chi connectivity index (χ2v) is 6.62. The number of nitrogens with one attached hydrogen (secondary N) is 1. The zero-order chi connectivity index (χ0) is 17.4. The van der Waals surface area contributed by atoms with E-state index in [1.54, 1.807) is 7.11 Å². The van der Waals surface area contributed by atoms with Gasteiger partial charge in [0.2, 0.25) is 0 Å². The van der Waals surface area contributed by atoms with Gasteiger partial charge in [-0.25, -0.2) is 0 Å². The lowest BCUT2D eigenvalue weighted by Crippen LogP contribution is -2.04. The van der Waals surface area contributed by atoms with E-state index in [-0.39, 0.29) is 5.91 Å². The zero-order valence-electron chi connectivity index (χ0n) is 14.9. The molecule has 24 heavy (non-hydrogen) atoms. The third kappa shape index (κ3) is 2.71. The maximum Gasteiger partial charge on any atom is 0.256 e. The topological polar surface area (TPSA) is 38.3 Å². The summed E-state index contributed by atoms with van der Waals surface area (Å²) in [5.74, 6) is 1.21. The summed E-state index contributed by atoms with van der Waals surface area (Å²) in [6.07, 6.45) is 1.99. The first-order chi connectivity index (χ1) is 11.4. The number of aryl methyl sites for hydroxylation is 2. The van der Waals surface area contributed by atoms with Crippen molar-refractivity contribution in [3.8, 4) is 5.75 Å². The molecular weight excluding hydrogens is 298 g/mol. The van der Waals surface area contributed by atoms with Crippen molar-refractivity contribution in [3.63, 3.8) is 0 Å². The van der Waals surface area contributed by atoms with Crippen LogP contribution in [0.15, 0.2) is 30.3 Å². The number of hydrogen-bond donors (Lipinski definition) is 1. The van der Waals surface area contributed by atoms with Crippen LogP contribution in [-0.2, 0) is 4.79 Å². The van der Waals surface area contributed by atoms with Gasteiger partial charge in [-0.1, -0.05) is 26.0 Å². The van der Waals surface area contributed by atoms with Crippen LogP contribution < -0.4 is 10.1 Å². The first kappa shape index (κ1) is 16.3. The van der Waals surface area contributed by atoms with Crippen molar-refractivity contribution in [2.45, 2.75) is 33.6 Å². The lowest BCUT2D eigenvalue weighted by molar-refractivity contribution is -0.110. The maximum atomic E-state index is 12.4. The minimum atomic E-state index is -0.0411. The van der Waals surface area contributed by atoms with Gasteiger partial charge >= 0.3 is 0 Å². The molecule has 1 aliphatic heterocycles. The number of fused-ring (bicyclic) bond motifs is 1. The molecule has 3 heteroatoms. The van der Waals surface area contributed by atoms with E-state index in [1.165, 1.54) is 0 Å². The number of anilines is 1. The third-order valence-electron chi connectivity index (χ3n) is 4.58.